The standard InChI is InChI=1S/C13H10BO3/c15-13(10-4-2-1-3-5-10)11-6-8-12(9-7-11)17-14-16/h1-9,16H. The first-order chi connectivity index (χ1) is 8.31. The van der Waals surface area contributed by atoms with E-state index < -0.39 is 0 Å². The first kappa shape index (κ1) is 11.4. The number of hydrogen-bond acceptors (Lipinski definition) is 3. The normalized spacial score (nSPS) is 9.71. The van der Waals surface area contributed by atoms with Crippen LogP contribution in [0.5, 0.6) is 5.75 Å². The van der Waals surface area contributed by atoms with Crippen molar-refractivity contribution < 1.29 is 14.5 Å². The van der Waals surface area contributed by atoms with Gasteiger partial charge in [0.2, 0.25) is 0 Å². The van der Waals surface area contributed by atoms with E-state index in [0.717, 1.165) is 0 Å². The summed E-state index contributed by atoms with van der Waals surface area (Å²) in [7, 11) is 0.605. The van der Waals surface area contributed by atoms with Gasteiger partial charge in [0.15, 0.2) is 5.78 Å². The molecule has 2 aromatic carbocycles. The molecule has 0 fully saturated rings. The molecule has 0 saturated carbocycles. The second-order valence-corrected chi connectivity index (χ2v) is 3.44. The van der Waals surface area contributed by atoms with Crippen molar-refractivity contribution in [3.05, 3.63) is 65.7 Å². The Labute approximate surface area is 100.0 Å². The molecule has 1 N–H and O–H groups in total. The summed E-state index contributed by atoms with van der Waals surface area (Å²) in [4.78, 5) is 12.0. The predicted molar refractivity (Wildman–Crippen MR) is 64.9 cm³/mol. The third kappa shape index (κ3) is 2.74. The average Bonchev–Trinajstić information content (AvgIpc) is 2.40. The molecule has 0 aliphatic rings. The summed E-state index contributed by atoms with van der Waals surface area (Å²) in [5.41, 5.74) is 1.23. The van der Waals surface area contributed by atoms with Gasteiger partial charge in [0.05, 0.1) is 0 Å². The van der Waals surface area contributed by atoms with Crippen LogP contribution in [0.3, 0.4) is 0 Å². The van der Waals surface area contributed by atoms with Gasteiger partial charge in [-0.3, -0.25) is 4.79 Å². The Balaban J connectivity index is 2.20. The lowest BCUT2D eigenvalue weighted by atomic mass is 10.0. The van der Waals surface area contributed by atoms with E-state index in [-0.39, 0.29) is 5.78 Å². The van der Waals surface area contributed by atoms with E-state index in [9.17, 15) is 4.79 Å². The molecule has 0 saturated heterocycles. The lowest BCUT2D eigenvalue weighted by Gasteiger charge is -2.03. The van der Waals surface area contributed by atoms with Crippen LogP contribution in [0.2, 0.25) is 0 Å². The molecule has 0 bridgehead atoms. The molecule has 2 rings (SSSR count). The average molecular weight is 225 g/mol. The summed E-state index contributed by atoms with van der Waals surface area (Å²) in [6, 6.07) is 15.6. The van der Waals surface area contributed by atoms with Crippen LogP contribution < -0.4 is 4.65 Å². The number of carbonyl (C=O) groups is 1. The van der Waals surface area contributed by atoms with Gasteiger partial charge in [-0.1, -0.05) is 30.3 Å². The second-order valence-electron chi connectivity index (χ2n) is 3.44. The molecule has 0 heterocycles. The number of ketones is 1. The molecule has 0 atom stereocenters. The van der Waals surface area contributed by atoms with Gasteiger partial charge in [-0.25, -0.2) is 0 Å². The summed E-state index contributed by atoms with van der Waals surface area (Å²) in [5, 5.41) is 8.46. The van der Waals surface area contributed by atoms with E-state index in [1.165, 1.54) is 0 Å². The molecular formula is C13H10BO3. The van der Waals surface area contributed by atoms with Gasteiger partial charge in [0.25, 0.3) is 0 Å². The molecule has 3 nitrogen and oxygen atoms in total. The van der Waals surface area contributed by atoms with Crippen LogP contribution in [0.1, 0.15) is 15.9 Å². The van der Waals surface area contributed by atoms with Crippen LogP contribution in [-0.4, -0.2) is 18.5 Å². The fourth-order valence-electron chi connectivity index (χ4n) is 1.50. The van der Waals surface area contributed by atoms with Gasteiger partial charge < -0.3 is 9.68 Å². The van der Waals surface area contributed by atoms with Crippen molar-refractivity contribution in [3.8, 4) is 5.75 Å². The lowest BCUT2D eigenvalue weighted by Crippen LogP contribution is -2.02. The third-order valence-electron chi connectivity index (χ3n) is 2.34. The van der Waals surface area contributed by atoms with Crippen LogP contribution in [0.25, 0.3) is 0 Å². The van der Waals surface area contributed by atoms with Crippen LogP contribution >= 0.6 is 0 Å². The number of carbonyl (C=O) groups excluding carboxylic acids is 1. The topological polar surface area (TPSA) is 46.5 Å². The Bertz CT molecular complexity index is 494. The monoisotopic (exact) mass is 225 g/mol. The van der Waals surface area contributed by atoms with Gasteiger partial charge in [0.1, 0.15) is 5.75 Å². The number of benzene rings is 2. The molecule has 83 valence electrons. The van der Waals surface area contributed by atoms with E-state index >= 15 is 0 Å². The van der Waals surface area contributed by atoms with E-state index in [2.05, 4.69) is 0 Å². The molecule has 4 heteroatoms. The van der Waals surface area contributed by atoms with Crippen molar-refractivity contribution in [2.75, 3.05) is 0 Å². The van der Waals surface area contributed by atoms with E-state index in [4.69, 9.17) is 9.68 Å². The van der Waals surface area contributed by atoms with Crippen molar-refractivity contribution in [1.29, 1.82) is 0 Å². The largest absolute Gasteiger partial charge is 0.569 e. The summed E-state index contributed by atoms with van der Waals surface area (Å²) >= 11 is 0. The molecule has 17 heavy (non-hydrogen) atoms. The zero-order valence-corrected chi connectivity index (χ0v) is 9.04. The molecular weight excluding hydrogens is 215 g/mol. The molecule has 0 unspecified atom stereocenters. The van der Waals surface area contributed by atoms with E-state index in [0.29, 0.717) is 24.6 Å². The van der Waals surface area contributed by atoms with Crippen LogP contribution in [0.4, 0.5) is 0 Å². The predicted octanol–water partition coefficient (Wildman–Crippen LogP) is 1.82. The van der Waals surface area contributed by atoms with Gasteiger partial charge in [-0.15, -0.1) is 0 Å². The van der Waals surface area contributed by atoms with Crippen LogP contribution in [-0.2, 0) is 0 Å². The maximum atomic E-state index is 12.0. The molecule has 2 aromatic rings. The van der Waals surface area contributed by atoms with Gasteiger partial charge in [0, 0.05) is 11.1 Å². The Kier molecular flexibility index (Phi) is 3.57. The minimum Gasteiger partial charge on any atom is -0.537 e. The zero-order valence-electron chi connectivity index (χ0n) is 9.04. The molecule has 1 radical (unpaired) electrons. The van der Waals surface area contributed by atoms with Crippen molar-refractivity contribution in [2.24, 2.45) is 0 Å². The third-order valence-corrected chi connectivity index (χ3v) is 2.34. The first-order valence-corrected chi connectivity index (χ1v) is 5.13. The van der Waals surface area contributed by atoms with Crippen molar-refractivity contribution >= 4 is 13.5 Å². The highest BCUT2D eigenvalue weighted by atomic mass is 16.5. The summed E-state index contributed by atoms with van der Waals surface area (Å²) in [5.74, 6) is 0.447. The Hall–Kier alpha value is -2.07. The fourth-order valence-corrected chi connectivity index (χ4v) is 1.50. The van der Waals surface area contributed by atoms with Crippen molar-refractivity contribution in [3.63, 3.8) is 0 Å². The molecule has 0 aromatic heterocycles. The maximum Gasteiger partial charge on any atom is 0.569 e. The maximum absolute atomic E-state index is 12.0. The minimum absolute atomic E-state index is 0.0369. The highest BCUT2D eigenvalue weighted by Gasteiger charge is 2.08. The molecule has 0 aliphatic heterocycles. The molecule has 0 aliphatic carbocycles. The van der Waals surface area contributed by atoms with Crippen LogP contribution in [0.15, 0.2) is 54.6 Å². The molecule has 0 spiro atoms. The number of hydrogen-bond donors (Lipinski definition) is 1. The summed E-state index contributed by atoms with van der Waals surface area (Å²) in [6.45, 7) is 0. The Morgan fingerprint density at radius 3 is 2.12 bits per heavy atom. The van der Waals surface area contributed by atoms with Crippen LogP contribution in [0, 0.1) is 0 Å². The zero-order chi connectivity index (χ0) is 12.1. The van der Waals surface area contributed by atoms with Crippen molar-refractivity contribution in [1.82, 2.24) is 0 Å². The summed E-state index contributed by atoms with van der Waals surface area (Å²) in [6.07, 6.45) is 0. The second kappa shape index (κ2) is 5.32. The van der Waals surface area contributed by atoms with E-state index in [1.807, 2.05) is 18.2 Å². The quantitative estimate of drug-likeness (QED) is 0.637. The fraction of sp³-hybridized carbons (Fsp3) is 0. The van der Waals surface area contributed by atoms with Gasteiger partial charge >= 0.3 is 7.69 Å². The van der Waals surface area contributed by atoms with Crippen molar-refractivity contribution in [2.45, 2.75) is 0 Å². The number of rotatable bonds is 4. The Morgan fingerprint density at radius 2 is 1.53 bits per heavy atom. The Morgan fingerprint density at radius 1 is 0.941 bits per heavy atom. The first-order valence-electron chi connectivity index (χ1n) is 5.13. The highest BCUT2D eigenvalue weighted by Crippen LogP contribution is 2.14. The minimum atomic E-state index is -0.0369. The smallest absolute Gasteiger partial charge is 0.537 e. The van der Waals surface area contributed by atoms with Gasteiger partial charge in [-0.05, 0) is 24.3 Å². The van der Waals surface area contributed by atoms with Gasteiger partial charge in [-0.2, -0.15) is 0 Å². The highest BCUT2D eigenvalue weighted by molar-refractivity contribution is 6.17. The molecule has 0 amide bonds. The van der Waals surface area contributed by atoms with E-state index in [1.54, 1.807) is 36.4 Å². The summed E-state index contributed by atoms with van der Waals surface area (Å²) < 4.78 is 4.77. The lowest BCUT2D eigenvalue weighted by molar-refractivity contribution is 0.103. The SMILES string of the molecule is O=C(c1ccccc1)c1ccc(O[B]O)cc1.